The van der Waals surface area contributed by atoms with Gasteiger partial charge in [-0.25, -0.2) is 9.64 Å². The molecule has 11 heteroatoms. The molecule has 1 aromatic rings. The smallest absolute Gasteiger partial charge is 0.246 e. The molecule has 3 rings (SSSR count). The normalized spacial score (nSPS) is 26.4. The lowest BCUT2D eigenvalue weighted by molar-refractivity contribution is -0.119. The highest BCUT2D eigenvalue weighted by molar-refractivity contribution is 5.82. The van der Waals surface area contributed by atoms with Gasteiger partial charge in [0.25, 0.3) is 0 Å². The minimum absolute atomic E-state index is 0.0889. The second-order valence-corrected chi connectivity index (χ2v) is 4.85. The number of morpholine rings is 1. The Morgan fingerprint density at radius 1 is 1.33 bits per heavy atom. The standard InChI is InChI=1S/C10H16N8O3/c11-8-10(15-21-14-8)18-6(7(9(12)19)13-16-18)5-17-1-3-20-4-2-17/h6-7H,1-5H2,(H2,11,14)(H2,12,19). The molecular formula is C10H16N8O3. The van der Waals surface area contributed by atoms with E-state index in [2.05, 4.69) is 30.2 Å². The van der Waals surface area contributed by atoms with Gasteiger partial charge >= 0.3 is 0 Å². The fraction of sp³-hybridized carbons (Fsp3) is 0.700. The minimum Gasteiger partial charge on any atom is -0.379 e. The Morgan fingerprint density at radius 2 is 2.10 bits per heavy atom. The number of amides is 1. The first-order valence-corrected chi connectivity index (χ1v) is 6.54. The van der Waals surface area contributed by atoms with E-state index in [9.17, 15) is 4.79 Å². The van der Waals surface area contributed by atoms with Crippen molar-refractivity contribution in [2.24, 2.45) is 16.1 Å². The molecule has 1 amide bonds. The molecule has 0 saturated carbocycles. The van der Waals surface area contributed by atoms with Crippen LogP contribution in [0.1, 0.15) is 0 Å². The molecule has 2 aliphatic heterocycles. The summed E-state index contributed by atoms with van der Waals surface area (Å²) in [4.78, 5) is 13.7. The first-order chi connectivity index (χ1) is 10.2. The highest BCUT2D eigenvalue weighted by Crippen LogP contribution is 2.28. The van der Waals surface area contributed by atoms with E-state index in [1.165, 1.54) is 5.01 Å². The van der Waals surface area contributed by atoms with E-state index < -0.39 is 18.0 Å². The third kappa shape index (κ3) is 2.64. The van der Waals surface area contributed by atoms with Crippen LogP contribution in [0.3, 0.4) is 0 Å². The van der Waals surface area contributed by atoms with Gasteiger partial charge in [-0.05, 0) is 10.3 Å². The molecule has 0 spiro atoms. The Balaban J connectivity index is 1.80. The molecule has 21 heavy (non-hydrogen) atoms. The maximum absolute atomic E-state index is 11.6. The van der Waals surface area contributed by atoms with E-state index in [0.29, 0.717) is 19.8 Å². The number of primary amides is 1. The Morgan fingerprint density at radius 3 is 2.71 bits per heavy atom. The summed E-state index contributed by atoms with van der Waals surface area (Å²) in [7, 11) is 0. The maximum Gasteiger partial charge on any atom is 0.246 e. The number of carbonyl (C=O) groups excluding carboxylic acids is 1. The maximum atomic E-state index is 11.6. The van der Waals surface area contributed by atoms with Crippen LogP contribution in [0.2, 0.25) is 0 Å². The minimum atomic E-state index is -0.760. The van der Waals surface area contributed by atoms with Crippen molar-refractivity contribution < 1.29 is 14.2 Å². The van der Waals surface area contributed by atoms with Crippen LogP contribution in [-0.2, 0) is 9.53 Å². The molecule has 2 atom stereocenters. The van der Waals surface area contributed by atoms with Crippen LogP contribution >= 0.6 is 0 Å². The van der Waals surface area contributed by atoms with Gasteiger partial charge in [0, 0.05) is 19.6 Å². The number of nitrogen functional groups attached to an aromatic ring is 1. The summed E-state index contributed by atoms with van der Waals surface area (Å²) in [5, 5.41) is 16.5. The number of aromatic nitrogens is 2. The molecule has 1 saturated heterocycles. The first-order valence-electron chi connectivity index (χ1n) is 6.54. The van der Waals surface area contributed by atoms with Crippen molar-refractivity contribution in [2.75, 3.05) is 43.6 Å². The van der Waals surface area contributed by atoms with Crippen LogP contribution in [0.4, 0.5) is 11.6 Å². The zero-order chi connectivity index (χ0) is 14.8. The summed E-state index contributed by atoms with van der Waals surface area (Å²) in [6, 6.07) is -1.15. The van der Waals surface area contributed by atoms with Gasteiger partial charge in [0.2, 0.25) is 17.5 Å². The third-order valence-electron chi connectivity index (χ3n) is 3.50. The van der Waals surface area contributed by atoms with Gasteiger partial charge in [0.05, 0.1) is 13.2 Å². The number of anilines is 2. The predicted molar refractivity (Wildman–Crippen MR) is 70.1 cm³/mol. The van der Waals surface area contributed by atoms with E-state index >= 15 is 0 Å². The molecule has 0 radical (unpaired) electrons. The van der Waals surface area contributed by atoms with Crippen molar-refractivity contribution in [3.05, 3.63) is 0 Å². The van der Waals surface area contributed by atoms with Gasteiger partial charge in [0.15, 0.2) is 6.04 Å². The number of rotatable bonds is 4. The number of nitrogens with zero attached hydrogens (tertiary/aromatic N) is 6. The largest absolute Gasteiger partial charge is 0.379 e. The second kappa shape index (κ2) is 5.61. The lowest BCUT2D eigenvalue weighted by atomic mass is 10.1. The zero-order valence-corrected chi connectivity index (χ0v) is 11.3. The summed E-state index contributed by atoms with van der Waals surface area (Å²) in [5.41, 5.74) is 11.1. The average molecular weight is 296 g/mol. The number of hydrogen-bond donors (Lipinski definition) is 2. The van der Waals surface area contributed by atoms with Gasteiger partial charge in [0.1, 0.15) is 6.04 Å². The van der Waals surface area contributed by atoms with Crippen molar-refractivity contribution in [1.29, 1.82) is 0 Å². The van der Waals surface area contributed by atoms with Crippen LogP contribution in [0.5, 0.6) is 0 Å². The highest BCUT2D eigenvalue weighted by Gasteiger charge is 2.41. The van der Waals surface area contributed by atoms with Crippen molar-refractivity contribution in [3.63, 3.8) is 0 Å². The van der Waals surface area contributed by atoms with Crippen LogP contribution in [-0.4, -0.2) is 66.1 Å². The Kier molecular flexibility index (Phi) is 3.66. The summed E-state index contributed by atoms with van der Waals surface area (Å²) < 4.78 is 9.88. The molecule has 1 aromatic heterocycles. The molecule has 2 unspecified atom stereocenters. The van der Waals surface area contributed by atoms with E-state index in [4.69, 9.17) is 16.2 Å². The first kappa shape index (κ1) is 13.7. The predicted octanol–water partition coefficient (Wildman–Crippen LogP) is -1.61. The quantitative estimate of drug-likeness (QED) is 0.674. The van der Waals surface area contributed by atoms with Crippen molar-refractivity contribution in [1.82, 2.24) is 15.2 Å². The topological polar surface area (TPSA) is 148 Å². The molecule has 0 bridgehead atoms. The molecular weight excluding hydrogens is 280 g/mol. The van der Waals surface area contributed by atoms with Crippen LogP contribution < -0.4 is 16.5 Å². The monoisotopic (exact) mass is 296 g/mol. The Labute approximate surface area is 119 Å². The average Bonchev–Trinajstić information content (AvgIpc) is 3.06. The number of ether oxygens (including phenoxy) is 1. The SMILES string of the molecule is NC(=O)C1N=NN(c2nonc2N)C1CN1CCOCC1. The molecule has 0 aliphatic carbocycles. The second-order valence-electron chi connectivity index (χ2n) is 4.85. The van der Waals surface area contributed by atoms with E-state index in [-0.39, 0.29) is 11.6 Å². The Hall–Kier alpha value is -2.27. The van der Waals surface area contributed by atoms with Gasteiger partial charge in [-0.1, -0.05) is 5.22 Å². The molecule has 4 N–H and O–H groups in total. The van der Waals surface area contributed by atoms with E-state index in [1.54, 1.807) is 0 Å². The number of hydrogen-bond acceptors (Lipinski definition) is 10. The Bertz CT molecular complexity index is 540. The zero-order valence-electron chi connectivity index (χ0n) is 11.3. The van der Waals surface area contributed by atoms with Crippen LogP contribution in [0, 0.1) is 0 Å². The van der Waals surface area contributed by atoms with Crippen LogP contribution in [0.15, 0.2) is 15.0 Å². The number of nitrogens with two attached hydrogens (primary N) is 2. The summed E-state index contributed by atoms with van der Waals surface area (Å²) >= 11 is 0. The van der Waals surface area contributed by atoms with Crippen molar-refractivity contribution in [3.8, 4) is 0 Å². The van der Waals surface area contributed by atoms with Crippen molar-refractivity contribution >= 4 is 17.5 Å². The molecule has 2 aliphatic rings. The van der Waals surface area contributed by atoms with E-state index in [0.717, 1.165) is 13.1 Å². The van der Waals surface area contributed by atoms with Gasteiger partial charge in [-0.2, -0.15) is 5.11 Å². The third-order valence-corrected chi connectivity index (χ3v) is 3.50. The molecule has 11 nitrogen and oxygen atoms in total. The molecule has 0 aromatic carbocycles. The molecule has 114 valence electrons. The fourth-order valence-corrected chi connectivity index (χ4v) is 2.41. The molecule has 1 fully saturated rings. The van der Waals surface area contributed by atoms with Crippen LogP contribution in [0.25, 0.3) is 0 Å². The lowest BCUT2D eigenvalue weighted by Crippen LogP contribution is -2.51. The van der Waals surface area contributed by atoms with Gasteiger partial charge in [-0.3, -0.25) is 9.69 Å². The van der Waals surface area contributed by atoms with Gasteiger partial charge in [-0.15, -0.1) is 0 Å². The van der Waals surface area contributed by atoms with Crippen molar-refractivity contribution in [2.45, 2.75) is 12.1 Å². The summed E-state index contributed by atoms with van der Waals surface area (Å²) in [5.74, 6) is -0.221. The lowest BCUT2D eigenvalue weighted by Gasteiger charge is -2.32. The summed E-state index contributed by atoms with van der Waals surface area (Å²) in [6.07, 6.45) is 0. The number of carbonyl (C=O) groups is 1. The highest BCUT2D eigenvalue weighted by atomic mass is 16.6. The molecule has 3 heterocycles. The van der Waals surface area contributed by atoms with Gasteiger partial charge < -0.3 is 16.2 Å². The fourth-order valence-electron chi connectivity index (χ4n) is 2.41. The summed E-state index contributed by atoms with van der Waals surface area (Å²) in [6.45, 7) is 3.37. The van der Waals surface area contributed by atoms with E-state index in [1.807, 2.05) is 0 Å².